The number of hydrogen-bond donors (Lipinski definition) is 0. The van der Waals surface area contributed by atoms with E-state index in [1.165, 1.54) is 6.26 Å². The van der Waals surface area contributed by atoms with E-state index in [-0.39, 0.29) is 19.5 Å². The Kier molecular flexibility index (Phi) is 7.18. The molecular weight excluding hydrogens is 205 g/mol. The first kappa shape index (κ1) is 11.4. The third-order valence-corrected chi connectivity index (χ3v) is 3.35. The molecule has 0 atom stereocenters. The third-order valence-electron chi connectivity index (χ3n) is 0.224. The third kappa shape index (κ3) is 11.2. The molecule has 0 aromatic rings. The predicted octanol–water partition coefficient (Wildman–Crippen LogP) is -0.708. The van der Waals surface area contributed by atoms with Crippen molar-refractivity contribution >= 4 is 28.9 Å². The van der Waals surface area contributed by atoms with Crippen LogP contribution in [0.4, 0.5) is 0 Å². The van der Waals surface area contributed by atoms with Gasteiger partial charge in [0.15, 0.2) is 0 Å². The van der Waals surface area contributed by atoms with Crippen molar-refractivity contribution in [2.45, 2.75) is 0 Å². The molecule has 0 saturated heterocycles. The monoisotopic (exact) mass is 206 g/mol. The van der Waals surface area contributed by atoms with Crippen molar-refractivity contribution in [2.75, 3.05) is 6.26 Å². The molecule has 0 unspecified atom stereocenters. The van der Waals surface area contributed by atoms with E-state index >= 15 is 0 Å². The summed E-state index contributed by atoms with van der Waals surface area (Å²) in [5.41, 5.74) is -3.40. The van der Waals surface area contributed by atoms with Gasteiger partial charge in [0.2, 0.25) is 0 Å². The molecule has 0 aliphatic heterocycles. The second kappa shape index (κ2) is 4.42. The Morgan fingerprint density at radius 3 is 1.71 bits per heavy atom. The summed E-state index contributed by atoms with van der Waals surface area (Å²) in [6.07, 6.45) is 1.45. The molecule has 0 rings (SSSR count). The van der Waals surface area contributed by atoms with E-state index in [2.05, 4.69) is 11.8 Å². The first-order valence-corrected chi connectivity index (χ1v) is 5.61. The molecule has 0 bridgehead atoms. The fourth-order valence-corrected chi connectivity index (χ4v) is 0. The zero-order valence-corrected chi connectivity index (χ0v) is 9.28. The van der Waals surface area contributed by atoms with Gasteiger partial charge in [-0.3, -0.25) is 0 Å². The standard InChI is InChI=1S/CH5O2PS2.Zn/c1-6-4(2,3)5;/h1H3,(H2,2,3,5);/q;+2/p-2. The molecule has 0 heterocycles. The van der Waals surface area contributed by atoms with Gasteiger partial charge in [-0.15, -0.1) is 11.8 Å². The van der Waals surface area contributed by atoms with E-state index in [1.54, 1.807) is 0 Å². The van der Waals surface area contributed by atoms with Crippen LogP contribution in [-0.4, -0.2) is 6.26 Å². The van der Waals surface area contributed by atoms with E-state index in [1.807, 2.05) is 0 Å². The summed E-state index contributed by atoms with van der Waals surface area (Å²) >= 11 is 4.65. The Hall–Kier alpha value is 1.54. The second-order valence-corrected chi connectivity index (χ2v) is 6.56. The first-order valence-electron chi connectivity index (χ1n) is 1.14. The molecule has 0 fully saturated rings. The van der Waals surface area contributed by atoms with Gasteiger partial charge in [0.05, 0.1) is 0 Å². The molecule has 0 aromatic heterocycles. The SMILES string of the molecule is CSP([O-])([O-])=S.[Zn+2]. The van der Waals surface area contributed by atoms with Gasteiger partial charge in [0, 0.05) is 0 Å². The van der Waals surface area contributed by atoms with E-state index < -0.39 is 5.69 Å². The minimum absolute atomic E-state index is 0. The van der Waals surface area contributed by atoms with E-state index in [0.29, 0.717) is 11.4 Å². The molecule has 38 valence electrons. The quantitative estimate of drug-likeness (QED) is 0.421. The fourth-order valence-electron chi connectivity index (χ4n) is 0. The topological polar surface area (TPSA) is 46.1 Å². The Morgan fingerprint density at radius 2 is 1.71 bits per heavy atom. The molecule has 0 N–H and O–H groups in total. The van der Waals surface area contributed by atoms with Gasteiger partial charge >= 0.3 is 19.5 Å². The van der Waals surface area contributed by atoms with Crippen molar-refractivity contribution in [3.63, 3.8) is 0 Å². The Bertz CT molecular complexity index is 79.8. The van der Waals surface area contributed by atoms with Crippen molar-refractivity contribution in [3.05, 3.63) is 0 Å². The van der Waals surface area contributed by atoms with Crippen LogP contribution in [0.2, 0.25) is 0 Å². The smallest absolute Gasteiger partial charge is 0.825 e. The number of hydrogen-bond acceptors (Lipinski definition) is 4. The van der Waals surface area contributed by atoms with Crippen LogP contribution in [0.1, 0.15) is 0 Å². The van der Waals surface area contributed by atoms with Crippen LogP contribution in [0, 0.1) is 0 Å². The molecule has 0 saturated carbocycles. The minimum Gasteiger partial charge on any atom is -0.825 e. The summed E-state index contributed by atoms with van der Waals surface area (Å²) in [5, 5.41) is 0. The molecule has 0 radical (unpaired) electrons. The summed E-state index contributed by atoms with van der Waals surface area (Å²) < 4.78 is 0. The maximum absolute atomic E-state index is 9.81. The zero-order valence-electron chi connectivity index (χ0n) is 3.79. The molecule has 2 nitrogen and oxygen atoms in total. The average molecular weight is 208 g/mol. The summed E-state index contributed by atoms with van der Waals surface area (Å²) in [4.78, 5) is 19.6. The van der Waals surface area contributed by atoms with E-state index in [4.69, 9.17) is 0 Å². The van der Waals surface area contributed by atoms with Crippen LogP contribution < -0.4 is 9.79 Å². The van der Waals surface area contributed by atoms with Crippen LogP contribution in [0.15, 0.2) is 0 Å². The maximum Gasteiger partial charge on any atom is 2.00 e. The Balaban J connectivity index is 0. The van der Waals surface area contributed by atoms with Gasteiger partial charge in [-0.05, 0) is 6.26 Å². The number of rotatable bonds is 1. The van der Waals surface area contributed by atoms with Crippen LogP contribution in [0.3, 0.4) is 0 Å². The minimum atomic E-state index is -3.40. The second-order valence-electron chi connectivity index (χ2n) is 0.630. The van der Waals surface area contributed by atoms with Crippen LogP contribution in [0.25, 0.3) is 0 Å². The molecular formula is CH3O2PS2Zn. The molecule has 0 aromatic carbocycles. The molecule has 0 aliphatic rings. The van der Waals surface area contributed by atoms with Gasteiger partial charge in [-0.25, -0.2) is 0 Å². The van der Waals surface area contributed by atoms with Crippen LogP contribution in [0.5, 0.6) is 0 Å². The summed E-state index contributed by atoms with van der Waals surface area (Å²) in [5.74, 6) is 0. The van der Waals surface area contributed by atoms with E-state index in [0.717, 1.165) is 0 Å². The summed E-state index contributed by atoms with van der Waals surface area (Å²) in [6.45, 7) is 0. The molecule has 0 amide bonds. The summed E-state index contributed by atoms with van der Waals surface area (Å²) in [7, 11) is 0. The average Bonchev–Trinajstić information content (AvgIpc) is 1.35. The first-order chi connectivity index (χ1) is 2.56. The Morgan fingerprint density at radius 1 is 1.57 bits per heavy atom. The normalized spacial score (nSPS) is 10.1. The van der Waals surface area contributed by atoms with Crippen molar-refractivity contribution in [3.8, 4) is 0 Å². The van der Waals surface area contributed by atoms with Crippen molar-refractivity contribution in [2.24, 2.45) is 0 Å². The van der Waals surface area contributed by atoms with Crippen molar-refractivity contribution in [1.29, 1.82) is 0 Å². The molecule has 0 spiro atoms. The molecule has 0 aliphatic carbocycles. The predicted molar refractivity (Wildman–Crippen MR) is 27.8 cm³/mol. The van der Waals surface area contributed by atoms with Gasteiger partial charge in [-0.1, -0.05) is 0 Å². The summed E-state index contributed by atoms with van der Waals surface area (Å²) in [6, 6.07) is 0. The van der Waals surface area contributed by atoms with Crippen molar-refractivity contribution < 1.29 is 29.3 Å². The van der Waals surface area contributed by atoms with E-state index in [9.17, 15) is 9.79 Å². The van der Waals surface area contributed by atoms with Crippen LogP contribution in [-0.2, 0) is 31.3 Å². The van der Waals surface area contributed by atoms with Crippen molar-refractivity contribution in [1.82, 2.24) is 0 Å². The van der Waals surface area contributed by atoms with Gasteiger partial charge in [0.1, 0.15) is 0 Å². The van der Waals surface area contributed by atoms with Gasteiger partial charge in [-0.2, -0.15) is 17.1 Å². The van der Waals surface area contributed by atoms with Gasteiger partial charge < -0.3 is 9.79 Å². The Labute approximate surface area is 64.4 Å². The molecule has 6 heteroatoms. The fraction of sp³-hybridized carbons (Fsp3) is 1.00. The zero-order chi connectivity index (χ0) is 5.21. The maximum atomic E-state index is 9.81. The largest absolute Gasteiger partial charge is 2.00 e. The van der Waals surface area contributed by atoms with Crippen LogP contribution >= 0.6 is 17.1 Å². The van der Waals surface area contributed by atoms with Gasteiger partial charge in [0.25, 0.3) is 0 Å². The molecule has 7 heavy (non-hydrogen) atoms.